The van der Waals surface area contributed by atoms with Gasteiger partial charge in [0.05, 0.1) is 17.8 Å². The van der Waals surface area contributed by atoms with Crippen LogP contribution in [0.1, 0.15) is 15.9 Å². The highest BCUT2D eigenvalue weighted by molar-refractivity contribution is 6.31. The van der Waals surface area contributed by atoms with Crippen LogP contribution in [0.3, 0.4) is 0 Å². The molecule has 1 fully saturated rings. The van der Waals surface area contributed by atoms with Gasteiger partial charge in [-0.15, -0.1) is 0 Å². The van der Waals surface area contributed by atoms with E-state index in [2.05, 4.69) is 25.5 Å². The second-order valence-corrected chi connectivity index (χ2v) is 9.88. The molecular formula is C29H24ClFN6O2. The Morgan fingerprint density at radius 3 is 2.46 bits per heavy atom. The number of halogens is 2. The van der Waals surface area contributed by atoms with Gasteiger partial charge in [0.2, 0.25) is 11.9 Å². The number of fused-ring (bicyclic) bond motifs is 3. The van der Waals surface area contributed by atoms with Crippen molar-refractivity contribution in [2.24, 2.45) is 0 Å². The van der Waals surface area contributed by atoms with E-state index in [4.69, 9.17) is 11.6 Å². The van der Waals surface area contributed by atoms with E-state index >= 15 is 0 Å². The average molecular weight is 543 g/mol. The van der Waals surface area contributed by atoms with Crippen molar-refractivity contribution in [3.8, 4) is 11.3 Å². The van der Waals surface area contributed by atoms with Crippen molar-refractivity contribution in [2.75, 3.05) is 41.7 Å². The Bertz CT molecular complexity index is 1550. The van der Waals surface area contributed by atoms with Crippen molar-refractivity contribution in [3.05, 3.63) is 94.9 Å². The Kier molecular flexibility index (Phi) is 6.58. The highest BCUT2D eigenvalue weighted by Gasteiger charge is 2.23. The maximum absolute atomic E-state index is 13.2. The van der Waals surface area contributed by atoms with Gasteiger partial charge in [-0.25, -0.2) is 14.4 Å². The fraction of sp³-hybridized carbons (Fsp3) is 0.172. The number of amides is 2. The summed E-state index contributed by atoms with van der Waals surface area (Å²) in [4.78, 5) is 38.5. The molecule has 10 heteroatoms. The van der Waals surface area contributed by atoms with Crippen LogP contribution in [-0.2, 0) is 11.2 Å². The third-order valence-corrected chi connectivity index (χ3v) is 7.11. The highest BCUT2D eigenvalue weighted by Crippen LogP contribution is 2.35. The zero-order valence-electron chi connectivity index (χ0n) is 20.8. The smallest absolute Gasteiger partial charge is 0.253 e. The second kappa shape index (κ2) is 10.3. The first kappa shape index (κ1) is 24.8. The van der Waals surface area contributed by atoms with Crippen molar-refractivity contribution < 1.29 is 14.0 Å². The SMILES string of the molecule is O=C1Cc2cnc(Nc3ccc(C(=O)N4CCN(c5ccc(F)cc5)CC4)cc3)nc2-c2ccc(Cl)cc2N1. The summed E-state index contributed by atoms with van der Waals surface area (Å²) in [5.41, 5.74) is 5.03. The first-order valence-corrected chi connectivity index (χ1v) is 12.9. The van der Waals surface area contributed by atoms with Crippen LogP contribution in [0.4, 0.5) is 27.4 Å². The van der Waals surface area contributed by atoms with E-state index in [0.717, 1.165) is 22.5 Å². The molecule has 0 saturated carbocycles. The van der Waals surface area contributed by atoms with E-state index in [1.165, 1.54) is 12.1 Å². The number of nitrogens with one attached hydrogen (secondary N) is 2. The summed E-state index contributed by atoms with van der Waals surface area (Å²) in [5.74, 6) is -0.0728. The van der Waals surface area contributed by atoms with E-state index in [1.807, 2.05) is 23.1 Å². The molecular weight excluding hydrogens is 519 g/mol. The zero-order valence-corrected chi connectivity index (χ0v) is 21.6. The quantitative estimate of drug-likeness (QED) is 0.371. The number of anilines is 4. The molecule has 2 N–H and O–H groups in total. The van der Waals surface area contributed by atoms with Crippen LogP contribution in [0.25, 0.3) is 11.3 Å². The molecule has 0 bridgehead atoms. The summed E-state index contributed by atoms with van der Waals surface area (Å²) in [6.07, 6.45) is 1.81. The van der Waals surface area contributed by atoms with E-state index in [1.54, 1.807) is 42.6 Å². The van der Waals surface area contributed by atoms with E-state index < -0.39 is 0 Å². The fourth-order valence-electron chi connectivity index (χ4n) is 4.85. The molecule has 3 aromatic carbocycles. The minimum absolute atomic E-state index is 0.0333. The van der Waals surface area contributed by atoms with Gasteiger partial charge in [-0.1, -0.05) is 11.6 Å². The number of aromatic nitrogens is 2. The van der Waals surface area contributed by atoms with Crippen molar-refractivity contribution in [1.29, 1.82) is 0 Å². The lowest BCUT2D eigenvalue weighted by Gasteiger charge is -2.36. The molecule has 2 amide bonds. The molecule has 0 radical (unpaired) electrons. The molecule has 2 aliphatic heterocycles. The lowest BCUT2D eigenvalue weighted by molar-refractivity contribution is -0.115. The molecule has 8 nitrogen and oxygen atoms in total. The number of rotatable bonds is 4. The molecule has 0 atom stereocenters. The van der Waals surface area contributed by atoms with Gasteiger partial charge >= 0.3 is 0 Å². The summed E-state index contributed by atoms with van der Waals surface area (Å²) in [5, 5.41) is 6.58. The minimum Gasteiger partial charge on any atom is -0.368 e. The molecule has 1 aromatic heterocycles. The Morgan fingerprint density at radius 1 is 0.974 bits per heavy atom. The standard InChI is InChI=1S/C29H24ClFN6O2/c30-20-3-10-24-25(16-20)34-26(38)15-19-17-32-29(35-27(19)24)33-22-6-1-18(2-7-22)28(39)37-13-11-36(12-14-37)23-8-4-21(31)5-9-23/h1-10,16-17H,11-15H2,(H,34,38)(H,32,33,35). The average Bonchev–Trinajstić information content (AvgIpc) is 3.08. The highest BCUT2D eigenvalue weighted by atomic mass is 35.5. The third kappa shape index (κ3) is 5.26. The summed E-state index contributed by atoms with van der Waals surface area (Å²) >= 11 is 6.13. The monoisotopic (exact) mass is 542 g/mol. The minimum atomic E-state index is -0.261. The van der Waals surface area contributed by atoms with Crippen molar-refractivity contribution in [2.45, 2.75) is 6.42 Å². The number of carbonyl (C=O) groups is 2. The largest absolute Gasteiger partial charge is 0.368 e. The van der Waals surface area contributed by atoms with E-state index in [0.29, 0.717) is 54.1 Å². The predicted molar refractivity (Wildman–Crippen MR) is 149 cm³/mol. The molecule has 4 aromatic rings. The van der Waals surface area contributed by atoms with Gasteiger partial charge in [-0.05, 0) is 66.7 Å². The third-order valence-electron chi connectivity index (χ3n) is 6.87. The molecule has 39 heavy (non-hydrogen) atoms. The lowest BCUT2D eigenvalue weighted by Crippen LogP contribution is -2.48. The molecule has 196 valence electrons. The first-order valence-electron chi connectivity index (χ1n) is 12.6. The number of piperazine rings is 1. The molecule has 6 rings (SSSR count). The fourth-order valence-corrected chi connectivity index (χ4v) is 5.02. The van der Waals surface area contributed by atoms with Crippen LogP contribution in [0.15, 0.2) is 72.9 Å². The van der Waals surface area contributed by atoms with Gasteiger partial charge < -0.3 is 20.4 Å². The number of carbonyl (C=O) groups excluding carboxylic acids is 2. The maximum atomic E-state index is 13.2. The van der Waals surface area contributed by atoms with Gasteiger partial charge in [0.15, 0.2) is 0 Å². The summed E-state index contributed by atoms with van der Waals surface area (Å²) in [7, 11) is 0. The first-order chi connectivity index (χ1) is 18.9. The molecule has 3 heterocycles. The van der Waals surface area contributed by atoms with Crippen LogP contribution >= 0.6 is 11.6 Å². The van der Waals surface area contributed by atoms with Crippen molar-refractivity contribution in [3.63, 3.8) is 0 Å². The molecule has 1 saturated heterocycles. The Balaban J connectivity index is 1.13. The molecule has 2 aliphatic rings. The normalized spacial score (nSPS) is 14.7. The zero-order chi connectivity index (χ0) is 26.9. The number of benzene rings is 3. The Hall–Kier alpha value is -4.50. The molecule has 0 aliphatic carbocycles. The van der Waals surface area contributed by atoms with Crippen LogP contribution in [0.5, 0.6) is 0 Å². The van der Waals surface area contributed by atoms with Gasteiger partial charge in [-0.3, -0.25) is 9.59 Å². The number of hydrogen-bond acceptors (Lipinski definition) is 6. The maximum Gasteiger partial charge on any atom is 0.253 e. The van der Waals surface area contributed by atoms with Gasteiger partial charge in [0.1, 0.15) is 5.82 Å². The molecule has 0 spiro atoms. The lowest BCUT2D eigenvalue weighted by atomic mass is 10.1. The Morgan fingerprint density at radius 2 is 1.72 bits per heavy atom. The second-order valence-electron chi connectivity index (χ2n) is 9.44. The van der Waals surface area contributed by atoms with Crippen molar-refractivity contribution >= 4 is 46.4 Å². The van der Waals surface area contributed by atoms with Gasteiger partial charge in [0.25, 0.3) is 5.91 Å². The van der Waals surface area contributed by atoms with Gasteiger partial charge in [-0.2, -0.15) is 0 Å². The summed E-state index contributed by atoms with van der Waals surface area (Å²) in [6.45, 7) is 2.54. The summed E-state index contributed by atoms with van der Waals surface area (Å²) in [6, 6.07) is 18.9. The van der Waals surface area contributed by atoms with Crippen molar-refractivity contribution in [1.82, 2.24) is 14.9 Å². The number of hydrogen-bond donors (Lipinski definition) is 2. The van der Waals surface area contributed by atoms with Crippen LogP contribution in [-0.4, -0.2) is 52.9 Å². The topological polar surface area (TPSA) is 90.5 Å². The van der Waals surface area contributed by atoms with E-state index in [9.17, 15) is 14.0 Å². The van der Waals surface area contributed by atoms with Crippen LogP contribution in [0, 0.1) is 5.82 Å². The van der Waals surface area contributed by atoms with Crippen LogP contribution < -0.4 is 15.5 Å². The van der Waals surface area contributed by atoms with Gasteiger partial charge in [0, 0.05) is 65.5 Å². The predicted octanol–water partition coefficient (Wildman–Crippen LogP) is 5.14. The molecule has 0 unspecified atom stereocenters. The number of nitrogens with zero attached hydrogens (tertiary/aromatic N) is 4. The summed E-state index contributed by atoms with van der Waals surface area (Å²) < 4.78 is 13.2. The van der Waals surface area contributed by atoms with Crippen LogP contribution in [0.2, 0.25) is 5.02 Å². The van der Waals surface area contributed by atoms with E-state index in [-0.39, 0.29) is 24.1 Å². The Labute approximate surface area is 229 Å².